The number of benzene rings is 2. The third kappa shape index (κ3) is 2.86. The molecule has 2 aromatic carbocycles. The van der Waals surface area contributed by atoms with E-state index in [-0.39, 0.29) is 35.8 Å². The third-order valence-electron chi connectivity index (χ3n) is 4.15. The van der Waals surface area contributed by atoms with Crippen molar-refractivity contribution in [1.29, 1.82) is 0 Å². The van der Waals surface area contributed by atoms with Crippen LogP contribution in [0.25, 0.3) is 0 Å². The molecule has 1 heterocycles. The topological polar surface area (TPSA) is 122 Å². The van der Waals surface area contributed by atoms with Gasteiger partial charge in [-0.15, -0.1) is 0 Å². The first-order chi connectivity index (χ1) is 12.0. The zero-order chi connectivity index (χ0) is 18.1. The summed E-state index contributed by atoms with van der Waals surface area (Å²) >= 11 is 0. The van der Waals surface area contributed by atoms with Crippen molar-refractivity contribution in [2.24, 2.45) is 0 Å². The SMILES string of the molecule is Cc1cc(C(=O)N2Cc3cccc([N+](=O)[O-])c3C2)c(OO)cc1OO. The second kappa shape index (κ2) is 6.38. The first-order valence-electron chi connectivity index (χ1n) is 7.28. The van der Waals surface area contributed by atoms with Crippen LogP contribution in [0.3, 0.4) is 0 Å². The van der Waals surface area contributed by atoms with Gasteiger partial charge in [-0.25, -0.2) is 10.5 Å². The lowest BCUT2D eigenvalue weighted by Crippen LogP contribution is -2.26. The average molecular weight is 346 g/mol. The normalized spacial score (nSPS) is 12.7. The second-order valence-corrected chi connectivity index (χ2v) is 5.63. The Morgan fingerprint density at radius 2 is 1.92 bits per heavy atom. The lowest BCUT2D eigenvalue weighted by atomic mass is 10.1. The zero-order valence-electron chi connectivity index (χ0n) is 13.1. The summed E-state index contributed by atoms with van der Waals surface area (Å²) in [4.78, 5) is 33.2. The van der Waals surface area contributed by atoms with Gasteiger partial charge >= 0.3 is 0 Å². The van der Waals surface area contributed by atoms with Crippen molar-refractivity contribution < 1.29 is 30.0 Å². The summed E-state index contributed by atoms with van der Waals surface area (Å²) in [7, 11) is 0. The fourth-order valence-electron chi connectivity index (χ4n) is 2.90. The number of amides is 1. The van der Waals surface area contributed by atoms with Crippen molar-refractivity contribution in [2.45, 2.75) is 20.0 Å². The molecule has 0 saturated carbocycles. The smallest absolute Gasteiger partial charge is 0.274 e. The Morgan fingerprint density at radius 1 is 1.20 bits per heavy atom. The number of hydrogen-bond donors (Lipinski definition) is 2. The van der Waals surface area contributed by atoms with Gasteiger partial charge in [0.15, 0.2) is 11.5 Å². The molecule has 2 aromatic rings. The molecular formula is C16H14N2O7. The quantitative estimate of drug-likeness (QED) is 0.496. The first-order valence-corrected chi connectivity index (χ1v) is 7.28. The summed E-state index contributed by atoms with van der Waals surface area (Å²) in [5, 5.41) is 28.9. The predicted molar refractivity (Wildman–Crippen MR) is 84.4 cm³/mol. The Kier molecular flexibility index (Phi) is 4.26. The van der Waals surface area contributed by atoms with E-state index in [9.17, 15) is 14.9 Å². The minimum atomic E-state index is -0.480. The number of aryl methyl sites for hydroxylation is 1. The molecule has 9 nitrogen and oxygen atoms in total. The molecule has 0 unspecified atom stereocenters. The summed E-state index contributed by atoms with van der Waals surface area (Å²) < 4.78 is 0. The van der Waals surface area contributed by atoms with Crippen LogP contribution in [0.1, 0.15) is 27.0 Å². The Bertz CT molecular complexity index is 866. The Morgan fingerprint density at radius 3 is 2.56 bits per heavy atom. The number of fused-ring (bicyclic) bond motifs is 1. The highest BCUT2D eigenvalue weighted by molar-refractivity contribution is 5.97. The van der Waals surface area contributed by atoms with Crippen LogP contribution in [-0.4, -0.2) is 26.2 Å². The Hall–Kier alpha value is -3.17. The van der Waals surface area contributed by atoms with Gasteiger partial charge in [0.05, 0.1) is 22.6 Å². The van der Waals surface area contributed by atoms with Gasteiger partial charge in [-0.1, -0.05) is 12.1 Å². The Balaban J connectivity index is 1.95. The van der Waals surface area contributed by atoms with E-state index < -0.39 is 10.8 Å². The summed E-state index contributed by atoms with van der Waals surface area (Å²) in [5.74, 6) is -0.631. The van der Waals surface area contributed by atoms with Gasteiger partial charge in [0.1, 0.15) is 0 Å². The highest BCUT2D eigenvalue weighted by atomic mass is 17.1. The number of carbonyl (C=O) groups is 1. The van der Waals surface area contributed by atoms with Gasteiger partial charge in [0, 0.05) is 18.7 Å². The van der Waals surface area contributed by atoms with E-state index in [1.54, 1.807) is 19.1 Å². The second-order valence-electron chi connectivity index (χ2n) is 5.63. The van der Waals surface area contributed by atoms with E-state index >= 15 is 0 Å². The fourth-order valence-corrected chi connectivity index (χ4v) is 2.90. The van der Waals surface area contributed by atoms with Crippen LogP contribution in [0.4, 0.5) is 5.69 Å². The largest absolute Gasteiger partial charge is 0.340 e. The molecule has 2 N–H and O–H groups in total. The standard InChI is InChI=1S/C16H14N2O7/c1-9-5-11(15(25-23)6-14(9)24-22)16(19)17-7-10-3-2-4-13(18(20)21)12(10)8-17/h2-6,22-23H,7-8H2,1H3. The third-order valence-corrected chi connectivity index (χ3v) is 4.15. The lowest BCUT2D eigenvalue weighted by molar-refractivity contribution is -0.385. The van der Waals surface area contributed by atoms with E-state index in [2.05, 4.69) is 9.78 Å². The molecule has 0 atom stereocenters. The van der Waals surface area contributed by atoms with E-state index in [1.165, 1.54) is 23.1 Å². The molecule has 0 aromatic heterocycles. The minimum Gasteiger partial charge on any atom is -0.340 e. The van der Waals surface area contributed by atoms with Crippen LogP contribution in [0.2, 0.25) is 0 Å². The van der Waals surface area contributed by atoms with Crippen molar-refractivity contribution >= 4 is 11.6 Å². The summed E-state index contributed by atoms with van der Waals surface area (Å²) in [5.41, 5.74) is 1.65. The fraction of sp³-hybridized carbons (Fsp3) is 0.188. The van der Waals surface area contributed by atoms with Crippen molar-refractivity contribution in [3.8, 4) is 11.5 Å². The van der Waals surface area contributed by atoms with Gasteiger partial charge in [0.2, 0.25) is 0 Å². The van der Waals surface area contributed by atoms with E-state index in [1.807, 2.05) is 0 Å². The number of nitrogens with zero attached hydrogens (tertiary/aromatic N) is 2. The van der Waals surface area contributed by atoms with Crippen LogP contribution in [0.5, 0.6) is 11.5 Å². The average Bonchev–Trinajstić information content (AvgIpc) is 3.04. The molecule has 3 rings (SSSR count). The monoisotopic (exact) mass is 346 g/mol. The lowest BCUT2D eigenvalue weighted by Gasteiger charge is -2.17. The molecule has 25 heavy (non-hydrogen) atoms. The highest BCUT2D eigenvalue weighted by Gasteiger charge is 2.31. The highest BCUT2D eigenvalue weighted by Crippen LogP contribution is 2.34. The number of rotatable bonds is 4. The van der Waals surface area contributed by atoms with Crippen molar-refractivity contribution in [3.63, 3.8) is 0 Å². The van der Waals surface area contributed by atoms with Crippen molar-refractivity contribution in [1.82, 2.24) is 4.90 Å². The number of nitro benzene ring substituents is 1. The van der Waals surface area contributed by atoms with E-state index in [0.717, 1.165) is 0 Å². The molecule has 0 saturated heterocycles. The van der Waals surface area contributed by atoms with E-state index in [4.69, 9.17) is 10.5 Å². The maximum absolute atomic E-state index is 12.8. The van der Waals surface area contributed by atoms with Crippen molar-refractivity contribution in [3.05, 3.63) is 62.7 Å². The van der Waals surface area contributed by atoms with Gasteiger partial charge in [-0.2, -0.15) is 0 Å². The van der Waals surface area contributed by atoms with Crippen LogP contribution >= 0.6 is 0 Å². The Labute approximate surface area is 141 Å². The molecule has 9 heteroatoms. The van der Waals surface area contributed by atoms with Crippen LogP contribution in [0, 0.1) is 17.0 Å². The molecule has 0 bridgehead atoms. The molecule has 130 valence electrons. The van der Waals surface area contributed by atoms with Crippen LogP contribution in [-0.2, 0) is 13.1 Å². The maximum Gasteiger partial charge on any atom is 0.274 e. The van der Waals surface area contributed by atoms with Crippen LogP contribution in [0.15, 0.2) is 30.3 Å². The predicted octanol–water partition coefficient (Wildman–Crippen LogP) is 2.76. The molecule has 1 amide bonds. The van der Waals surface area contributed by atoms with E-state index in [0.29, 0.717) is 16.7 Å². The maximum atomic E-state index is 12.8. The molecule has 0 fully saturated rings. The number of hydrogen-bond acceptors (Lipinski definition) is 7. The summed E-state index contributed by atoms with van der Waals surface area (Å²) in [6, 6.07) is 7.27. The van der Waals surface area contributed by atoms with Gasteiger partial charge in [-0.05, 0) is 24.1 Å². The van der Waals surface area contributed by atoms with Gasteiger partial charge in [0.25, 0.3) is 11.6 Å². The molecule has 0 radical (unpaired) electrons. The molecule has 1 aliphatic heterocycles. The van der Waals surface area contributed by atoms with Gasteiger partial charge in [-0.3, -0.25) is 14.9 Å². The molecule has 1 aliphatic rings. The zero-order valence-corrected chi connectivity index (χ0v) is 13.1. The number of carbonyl (C=O) groups excluding carboxylic acids is 1. The first kappa shape index (κ1) is 16.7. The van der Waals surface area contributed by atoms with Gasteiger partial charge < -0.3 is 14.7 Å². The molecular weight excluding hydrogens is 332 g/mol. The van der Waals surface area contributed by atoms with Crippen LogP contribution < -0.4 is 9.78 Å². The molecule has 0 spiro atoms. The summed E-state index contributed by atoms with van der Waals surface area (Å²) in [6.07, 6.45) is 0. The van der Waals surface area contributed by atoms with Crippen molar-refractivity contribution in [2.75, 3.05) is 0 Å². The molecule has 0 aliphatic carbocycles. The number of nitro groups is 1. The summed E-state index contributed by atoms with van der Waals surface area (Å²) in [6.45, 7) is 1.89. The minimum absolute atomic E-state index is 0.0287.